The van der Waals surface area contributed by atoms with Crippen LogP contribution in [-0.2, 0) is 0 Å². The van der Waals surface area contributed by atoms with Gasteiger partial charge in [-0.25, -0.2) is 4.79 Å². The van der Waals surface area contributed by atoms with Gasteiger partial charge in [0, 0.05) is 25.3 Å². The molecule has 1 aromatic rings. The molecule has 0 spiro atoms. The molecule has 1 aromatic heterocycles. The third-order valence-corrected chi connectivity index (χ3v) is 4.12. The van der Waals surface area contributed by atoms with E-state index >= 15 is 0 Å². The van der Waals surface area contributed by atoms with Crippen molar-refractivity contribution in [3.63, 3.8) is 0 Å². The maximum atomic E-state index is 12.6. The molecule has 3 rings (SSSR count). The number of hydrogen-bond acceptors (Lipinski definition) is 4. The van der Waals surface area contributed by atoms with Crippen LogP contribution in [0.25, 0.3) is 0 Å². The molecule has 3 N–H and O–H groups in total. The fourth-order valence-corrected chi connectivity index (χ4v) is 2.77. The molecule has 1 saturated heterocycles. The summed E-state index contributed by atoms with van der Waals surface area (Å²) in [6.07, 6.45) is 5.67. The van der Waals surface area contributed by atoms with Gasteiger partial charge in [-0.2, -0.15) is 0 Å². The Labute approximate surface area is 121 Å². The summed E-state index contributed by atoms with van der Waals surface area (Å²) in [4.78, 5) is 41.7. The highest BCUT2D eigenvalue weighted by Gasteiger charge is 2.30. The fourth-order valence-electron chi connectivity index (χ4n) is 2.77. The largest absolute Gasteiger partial charge is 0.337 e. The van der Waals surface area contributed by atoms with E-state index < -0.39 is 11.2 Å². The lowest BCUT2D eigenvalue weighted by molar-refractivity contribution is 0.0731. The Hall–Kier alpha value is -1.89. The van der Waals surface area contributed by atoms with Crippen molar-refractivity contribution in [2.75, 3.05) is 19.6 Å². The quantitative estimate of drug-likeness (QED) is 0.692. The number of nitrogens with zero attached hydrogens (tertiary/aromatic N) is 1. The van der Waals surface area contributed by atoms with E-state index in [1.165, 1.54) is 6.20 Å². The second kappa shape index (κ2) is 5.85. The van der Waals surface area contributed by atoms with Gasteiger partial charge in [0.25, 0.3) is 11.5 Å². The number of carbonyl (C=O) groups is 1. The Bertz CT molecular complexity index is 626. The molecule has 0 aromatic carbocycles. The van der Waals surface area contributed by atoms with Gasteiger partial charge in [0.05, 0.1) is 0 Å². The van der Waals surface area contributed by atoms with E-state index in [0.717, 1.165) is 32.2 Å². The fraction of sp³-hybridized carbons (Fsp3) is 0.643. The summed E-state index contributed by atoms with van der Waals surface area (Å²) in [6, 6.07) is 0.301. The molecule has 7 heteroatoms. The van der Waals surface area contributed by atoms with Crippen molar-refractivity contribution in [3.05, 3.63) is 32.6 Å². The smallest absolute Gasteiger partial charge is 0.325 e. The van der Waals surface area contributed by atoms with Crippen molar-refractivity contribution in [1.82, 2.24) is 20.2 Å². The summed E-state index contributed by atoms with van der Waals surface area (Å²) in [5, 5.41) is 3.37. The van der Waals surface area contributed by atoms with Crippen LogP contribution in [0.3, 0.4) is 0 Å². The number of rotatable bonds is 5. The Morgan fingerprint density at radius 1 is 1.24 bits per heavy atom. The third kappa shape index (κ3) is 3.41. The molecule has 7 nitrogen and oxygen atoms in total. The molecule has 1 saturated carbocycles. The molecule has 114 valence electrons. The van der Waals surface area contributed by atoms with Crippen molar-refractivity contribution in [2.24, 2.45) is 5.92 Å². The lowest BCUT2D eigenvalue weighted by Gasteiger charge is -2.25. The zero-order chi connectivity index (χ0) is 14.8. The predicted octanol–water partition coefficient (Wildman–Crippen LogP) is -0.333. The number of amides is 1. The zero-order valence-corrected chi connectivity index (χ0v) is 11.9. The second-order valence-electron chi connectivity index (χ2n) is 5.93. The number of nitrogens with one attached hydrogen (secondary N) is 3. The van der Waals surface area contributed by atoms with Gasteiger partial charge in [-0.3, -0.25) is 14.6 Å². The van der Waals surface area contributed by atoms with Crippen LogP contribution in [0.5, 0.6) is 0 Å². The first-order valence-corrected chi connectivity index (χ1v) is 7.48. The number of H-pyrrole nitrogens is 2. The van der Waals surface area contributed by atoms with E-state index in [1.807, 2.05) is 0 Å². The van der Waals surface area contributed by atoms with Crippen LogP contribution in [-0.4, -0.2) is 46.5 Å². The molecule has 2 aliphatic rings. The average Bonchev–Trinajstić information content (AvgIpc) is 3.11. The Kier molecular flexibility index (Phi) is 3.92. The minimum absolute atomic E-state index is 0.00764. The predicted molar refractivity (Wildman–Crippen MR) is 77.3 cm³/mol. The van der Waals surface area contributed by atoms with Gasteiger partial charge in [0.2, 0.25) is 0 Å². The van der Waals surface area contributed by atoms with Gasteiger partial charge >= 0.3 is 5.69 Å². The van der Waals surface area contributed by atoms with Crippen molar-refractivity contribution < 1.29 is 4.79 Å². The first-order chi connectivity index (χ1) is 10.1. The normalized spacial score (nSPS) is 21.4. The highest BCUT2D eigenvalue weighted by atomic mass is 16.2. The molecule has 1 atom stereocenters. The summed E-state index contributed by atoms with van der Waals surface area (Å²) < 4.78 is 0. The number of carbonyl (C=O) groups excluding carboxylic acids is 1. The first kappa shape index (κ1) is 14.1. The van der Waals surface area contributed by atoms with Crippen molar-refractivity contribution in [3.8, 4) is 0 Å². The summed E-state index contributed by atoms with van der Waals surface area (Å²) in [5.41, 5.74) is -1.21. The number of hydrogen-bond donors (Lipinski definition) is 3. The van der Waals surface area contributed by atoms with Crippen LogP contribution >= 0.6 is 0 Å². The van der Waals surface area contributed by atoms with E-state index in [4.69, 9.17) is 0 Å². The number of aromatic amines is 2. The molecule has 2 heterocycles. The molecule has 1 aliphatic heterocycles. The van der Waals surface area contributed by atoms with Crippen LogP contribution in [0, 0.1) is 5.92 Å². The average molecular weight is 292 g/mol. The van der Waals surface area contributed by atoms with E-state index in [0.29, 0.717) is 25.0 Å². The van der Waals surface area contributed by atoms with Gasteiger partial charge in [-0.05, 0) is 38.1 Å². The van der Waals surface area contributed by atoms with Crippen molar-refractivity contribution in [1.29, 1.82) is 0 Å². The second-order valence-corrected chi connectivity index (χ2v) is 5.93. The van der Waals surface area contributed by atoms with E-state index in [9.17, 15) is 14.4 Å². The van der Waals surface area contributed by atoms with Gasteiger partial charge in [0.15, 0.2) is 0 Å². The SMILES string of the molecule is O=C(c1c[nH]c(=O)[nH]c1=O)N(CC1CC1)CC1CCCN1. The van der Waals surface area contributed by atoms with Crippen LogP contribution in [0.15, 0.2) is 15.8 Å². The standard InChI is InChI=1S/C14H20N4O3/c19-12-11(6-16-14(21)17-12)13(20)18(7-9-3-4-9)8-10-2-1-5-15-10/h6,9-10,15H,1-5,7-8H2,(H2,16,17,19,21). The summed E-state index contributed by atoms with van der Waals surface area (Å²) in [7, 11) is 0. The Morgan fingerprint density at radius 2 is 2.05 bits per heavy atom. The highest BCUT2D eigenvalue weighted by Crippen LogP contribution is 2.30. The van der Waals surface area contributed by atoms with Gasteiger partial charge < -0.3 is 15.2 Å². The van der Waals surface area contributed by atoms with E-state index in [1.54, 1.807) is 4.90 Å². The van der Waals surface area contributed by atoms with Gasteiger partial charge in [0.1, 0.15) is 5.56 Å². The maximum absolute atomic E-state index is 12.6. The number of aromatic nitrogens is 2. The Morgan fingerprint density at radius 3 is 2.67 bits per heavy atom. The molecule has 2 fully saturated rings. The lowest BCUT2D eigenvalue weighted by Crippen LogP contribution is -2.44. The highest BCUT2D eigenvalue weighted by molar-refractivity contribution is 5.93. The topological polar surface area (TPSA) is 98.1 Å². The summed E-state index contributed by atoms with van der Waals surface area (Å²) >= 11 is 0. The molecule has 0 radical (unpaired) electrons. The minimum Gasteiger partial charge on any atom is -0.337 e. The maximum Gasteiger partial charge on any atom is 0.325 e. The Balaban J connectivity index is 1.78. The van der Waals surface area contributed by atoms with Crippen LogP contribution in [0.4, 0.5) is 0 Å². The zero-order valence-electron chi connectivity index (χ0n) is 11.9. The molecular formula is C14H20N4O3. The summed E-state index contributed by atoms with van der Waals surface area (Å²) in [6.45, 7) is 2.29. The monoisotopic (exact) mass is 292 g/mol. The molecule has 0 bridgehead atoms. The molecule has 1 amide bonds. The third-order valence-electron chi connectivity index (χ3n) is 4.12. The van der Waals surface area contributed by atoms with Crippen molar-refractivity contribution in [2.45, 2.75) is 31.7 Å². The van der Waals surface area contributed by atoms with Crippen LogP contribution in [0.2, 0.25) is 0 Å². The van der Waals surface area contributed by atoms with Crippen LogP contribution < -0.4 is 16.6 Å². The van der Waals surface area contributed by atoms with Gasteiger partial charge in [-0.15, -0.1) is 0 Å². The van der Waals surface area contributed by atoms with Crippen LogP contribution in [0.1, 0.15) is 36.0 Å². The summed E-state index contributed by atoms with van der Waals surface area (Å²) in [5.74, 6) is 0.255. The minimum atomic E-state index is -0.621. The van der Waals surface area contributed by atoms with Gasteiger partial charge in [-0.1, -0.05) is 0 Å². The molecule has 1 unspecified atom stereocenters. The van der Waals surface area contributed by atoms with Crippen molar-refractivity contribution >= 4 is 5.91 Å². The molecular weight excluding hydrogens is 272 g/mol. The van der Waals surface area contributed by atoms with E-state index in [-0.39, 0.29) is 11.5 Å². The first-order valence-electron chi connectivity index (χ1n) is 7.48. The molecule has 1 aliphatic carbocycles. The molecule has 21 heavy (non-hydrogen) atoms. The lowest BCUT2D eigenvalue weighted by atomic mass is 10.2. The van der Waals surface area contributed by atoms with E-state index in [2.05, 4.69) is 15.3 Å².